The van der Waals surface area contributed by atoms with Gasteiger partial charge in [0.25, 0.3) is 0 Å². The summed E-state index contributed by atoms with van der Waals surface area (Å²) in [6.45, 7) is 3.38. The number of aromatic nitrogens is 2. The fourth-order valence-corrected chi connectivity index (χ4v) is 3.76. The second kappa shape index (κ2) is 8.86. The molecule has 1 fully saturated rings. The molecule has 30 heavy (non-hydrogen) atoms. The summed E-state index contributed by atoms with van der Waals surface area (Å²) < 4.78 is 0. The molecule has 8 nitrogen and oxygen atoms in total. The molecule has 0 bridgehead atoms. The van der Waals surface area contributed by atoms with E-state index in [1.54, 1.807) is 0 Å². The summed E-state index contributed by atoms with van der Waals surface area (Å²) in [6.07, 6.45) is 1.02. The highest BCUT2D eigenvalue weighted by Gasteiger charge is 2.21. The van der Waals surface area contributed by atoms with Gasteiger partial charge in [-0.3, -0.25) is 4.79 Å². The summed E-state index contributed by atoms with van der Waals surface area (Å²) in [5.74, 6) is 0.980. The first-order chi connectivity index (χ1) is 14.6. The number of fused-ring (bicyclic) bond motifs is 1. The number of para-hydroxylation sites is 2. The molecule has 0 radical (unpaired) electrons. The third-order valence-electron chi connectivity index (χ3n) is 5.37. The molecule has 4 N–H and O–H groups in total. The third kappa shape index (κ3) is 4.53. The number of hydrogen-bond acceptors (Lipinski definition) is 4. The lowest BCUT2D eigenvalue weighted by molar-refractivity contribution is -0.131. The SMILES string of the molecule is NC(=O)NCCCC(=O)N1CCN(c2cccc(-c3nc4ccccc4[nH]3)c2)CC1. The second-order valence-electron chi connectivity index (χ2n) is 7.42. The first-order valence-electron chi connectivity index (χ1n) is 10.2. The number of carbonyl (C=O) groups is 2. The van der Waals surface area contributed by atoms with E-state index in [0.717, 1.165) is 41.2 Å². The maximum atomic E-state index is 12.4. The van der Waals surface area contributed by atoms with Gasteiger partial charge in [-0.1, -0.05) is 24.3 Å². The Labute approximate surface area is 175 Å². The van der Waals surface area contributed by atoms with Crippen LogP contribution in [-0.4, -0.2) is 59.5 Å². The zero-order valence-corrected chi connectivity index (χ0v) is 16.8. The summed E-state index contributed by atoms with van der Waals surface area (Å²) in [6, 6.07) is 15.8. The van der Waals surface area contributed by atoms with Gasteiger partial charge in [-0.15, -0.1) is 0 Å². The lowest BCUT2D eigenvalue weighted by atomic mass is 10.1. The molecule has 0 unspecified atom stereocenters. The van der Waals surface area contributed by atoms with Crippen molar-refractivity contribution in [1.82, 2.24) is 20.2 Å². The van der Waals surface area contributed by atoms with Crippen LogP contribution in [0.1, 0.15) is 12.8 Å². The summed E-state index contributed by atoms with van der Waals surface area (Å²) in [7, 11) is 0. The monoisotopic (exact) mass is 406 g/mol. The molecule has 0 saturated carbocycles. The van der Waals surface area contributed by atoms with Gasteiger partial charge in [-0.05, 0) is 30.7 Å². The number of amides is 3. The van der Waals surface area contributed by atoms with Crippen LogP contribution in [0, 0.1) is 0 Å². The Bertz CT molecular complexity index is 1010. The predicted molar refractivity (Wildman–Crippen MR) is 117 cm³/mol. The highest BCUT2D eigenvalue weighted by molar-refractivity contribution is 5.80. The second-order valence-corrected chi connectivity index (χ2v) is 7.42. The maximum Gasteiger partial charge on any atom is 0.312 e. The molecule has 8 heteroatoms. The molecule has 2 heterocycles. The molecule has 0 spiro atoms. The molecular formula is C22H26N6O2. The Morgan fingerprint density at radius 2 is 1.87 bits per heavy atom. The molecule has 156 valence electrons. The van der Waals surface area contributed by atoms with Crippen molar-refractivity contribution in [3.8, 4) is 11.4 Å². The van der Waals surface area contributed by atoms with Gasteiger partial charge in [-0.25, -0.2) is 9.78 Å². The maximum absolute atomic E-state index is 12.4. The van der Waals surface area contributed by atoms with E-state index in [9.17, 15) is 9.59 Å². The van der Waals surface area contributed by atoms with E-state index in [0.29, 0.717) is 32.5 Å². The number of piperazine rings is 1. The number of aromatic amines is 1. The van der Waals surface area contributed by atoms with Crippen LogP contribution < -0.4 is 16.0 Å². The minimum Gasteiger partial charge on any atom is -0.368 e. The molecule has 0 aliphatic carbocycles. The number of nitrogens with two attached hydrogens (primary N) is 1. The zero-order valence-electron chi connectivity index (χ0n) is 16.8. The molecule has 3 amide bonds. The van der Waals surface area contributed by atoms with E-state index < -0.39 is 6.03 Å². The van der Waals surface area contributed by atoms with E-state index in [1.165, 1.54) is 0 Å². The fourth-order valence-electron chi connectivity index (χ4n) is 3.76. The van der Waals surface area contributed by atoms with Crippen molar-refractivity contribution in [2.24, 2.45) is 5.73 Å². The van der Waals surface area contributed by atoms with Gasteiger partial charge in [0.1, 0.15) is 5.82 Å². The highest BCUT2D eigenvalue weighted by atomic mass is 16.2. The van der Waals surface area contributed by atoms with Crippen LogP contribution in [0.5, 0.6) is 0 Å². The number of hydrogen-bond donors (Lipinski definition) is 3. The highest BCUT2D eigenvalue weighted by Crippen LogP contribution is 2.25. The number of primary amides is 1. The van der Waals surface area contributed by atoms with Gasteiger partial charge in [-0.2, -0.15) is 0 Å². The van der Waals surface area contributed by atoms with E-state index in [-0.39, 0.29) is 5.91 Å². The van der Waals surface area contributed by atoms with E-state index >= 15 is 0 Å². The Morgan fingerprint density at radius 3 is 2.63 bits per heavy atom. The predicted octanol–water partition coefficient (Wildman–Crippen LogP) is 2.33. The smallest absolute Gasteiger partial charge is 0.312 e. The number of nitrogens with one attached hydrogen (secondary N) is 2. The van der Waals surface area contributed by atoms with Gasteiger partial charge in [0.05, 0.1) is 11.0 Å². The summed E-state index contributed by atoms with van der Waals surface area (Å²) in [5, 5.41) is 2.51. The molecule has 1 aliphatic heterocycles. The topological polar surface area (TPSA) is 107 Å². The Hall–Kier alpha value is -3.55. The standard InChI is InChI=1S/C22H26N6O2/c23-22(30)24-10-4-9-20(29)28-13-11-27(12-14-28)17-6-3-5-16(15-17)21-25-18-7-1-2-8-19(18)26-21/h1-3,5-8,15H,4,9-14H2,(H,25,26)(H3,23,24,30). The fraction of sp³-hybridized carbons (Fsp3) is 0.318. The number of rotatable bonds is 6. The van der Waals surface area contributed by atoms with Gasteiger partial charge in [0, 0.05) is 50.4 Å². The first kappa shape index (κ1) is 19.8. The average molecular weight is 406 g/mol. The number of urea groups is 1. The zero-order chi connectivity index (χ0) is 20.9. The number of benzene rings is 2. The van der Waals surface area contributed by atoms with Crippen LogP contribution in [0.3, 0.4) is 0 Å². The van der Waals surface area contributed by atoms with Gasteiger partial charge >= 0.3 is 6.03 Å². The Balaban J connectivity index is 1.35. The third-order valence-corrected chi connectivity index (χ3v) is 5.37. The quantitative estimate of drug-likeness (QED) is 0.546. The molecule has 1 saturated heterocycles. The van der Waals surface area contributed by atoms with Crippen molar-refractivity contribution in [3.63, 3.8) is 0 Å². The number of H-pyrrole nitrogens is 1. The molecular weight excluding hydrogens is 380 g/mol. The average Bonchev–Trinajstić information content (AvgIpc) is 3.21. The van der Waals surface area contributed by atoms with E-state index in [2.05, 4.69) is 38.4 Å². The summed E-state index contributed by atoms with van der Waals surface area (Å²) in [4.78, 5) is 35.3. The van der Waals surface area contributed by atoms with Crippen LogP contribution in [-0.2, 0) is 4.79 Å². The van der Waals surface area contributed by atoms with Crippen LogP contribution in [0.4, 0.5) is 10.5 Å². The molecule has 2 aromatic carbocycles. The minimum atomic E-state index is -0.555. The largest absolute Gasteiger partial charge is 0.368 e. The van der Waals surface area contributed by atoms with Crippen molar-refractivity contribution < 1.29 is 9.59 Å². The normalized spacial score (nSPS) is 14.1. The van der Waals surface area contributed by atoms with E-state index in [4.69, 9.17) is 5.73 Å². The van der Waals surface area contributed by atoms with Crippen molar-refractivity contribution in [2.75, 3.05) is 37.6 Å². The lowest BCUT2D eigenvalue weighted by Crippen LogP contribution is -2.48. The van der Waals surface area contributed by atoms with Crippen LogP contribution in [0.15, 0.2) is 48.5 Å². The van der Waals surface area contributed by atoms with Gasteiger partial charge in [0.15, 0.2) is 0 Å². The minimum absolute atomic E-state index is 0.122. The number of imidazole rings is 1. The number of anilines is 1. The Morgan fingerprint density at radius 1 is 1.07 bits per heavy atom. The van der Waals surface area contributed by atoms with Gasteiger partial charge in [0.2, 0.25) is 5.91 Å². The molecule has 4 rings (SSSR count). The first-order valence-corrected chi connectivity index (χ1v) is 10.2. The Kier molecular flexibility index (Phi) is 5.83. The summed E-state index contributed by atoms with van der Waals surface area (Å²) >= 11 is 0. The van der Waals surface area contributed by atoms with E-state index in [1.807, 2.05) is 35.2 Å². The lowest BCUT2D eigenvalue weighted by Gasteiger charge is -2.36. The van der Waals surface area contributed by atoms with Crippen molar-refractivity contribution >= 4 is 28.7 Å². The van der Waals surface area contributed by atoms with Crippen molar-refractivity contribution in [2.45, 2.75) is 12.8 Å². The van der Waals surface area contributed by atoms with Gasteiger partial charge < -0.3 is 25.8 Å². The van der Waals surface area contributed by atoms with Crippen LogP contribution in [0.2, 0.25) is 0 Å². The molecule has 1 aliphatic rings. The molecule has 0 atom stereocenters. The summed E-state index contributed by atoms with van der Waals surface area (Å²) in [5.41, 5.74) is 9.19. The number of nitrogens with zero attached hydrogens (tertiary/aromatic N) is 3. The molecule has 3 aromatic rings. The van der Waals surface area contributed by atoms with Crippen LogP contribution >= 0.6 is 0 Å². The van der Waals surface area contributed by atoms with Crippen molar-refractivity contribution in [1.29, 1.82) is 0 Å². The van der Waals surface area contributed by atoms with Crippen molar-refractivity contribution in [3.05, 3.63) is 48.5 Å². The molecule has 1 aromatic heterocycles. The van der Waals surface area contributed by atoms with Crippen LogP contribution in [0.25, 0.3) is 22.4 Å². The number of carbonyl (C=O) groups excluding carboxylic acids is 2.